The van der Waals surface area contributed by atoms with Gasteiger partial charge in [-0.2, -0.15) is 0 Å². The van der Waals surface area contributed by atoms with Crippen LogP contribution in [0.25, 0.3) is 0 Å². The Hall–Kier alpha value is -2.21. The summed E-state index contributed by atoms with van der Waals surface area (Å²) in [5, 5.41) is 14.6. The quantitative estimate of drug-likeness (QED) is 0.874. The van der Waals surface area contributed by atoms with Gasteiger partial charge in [-0.15, -0.1) is 11.3 Å². The molecule has 1 saturated carbocycles. The number of aliphatic carboxylic acids is 1. The van der Waals surface area contributed by atoms with Crippen LogP contribution >= 0.6 is 11.3 Å². The van der Waals surface area contributed by atoms with E-state index in [0.29, 0.717) is 31.4 Å². The number of carbonyl (C=O) groups is 2. The molecular weight excluding hydrogens is 324 g/mol. The van der Waals surface area contributed by atoms with Gasteiger partial charge in [0.2, 0.25) is 0 Å². The molecule has 2 aromatic rings. The number of thiazole rings is 1. The van der Waals surface area contributed by atoms with Gasteiger partial charge in [0.1, 0.15) is 5.69 Å². The minimum absolute atomic E-state index is 0.0687. The summed E-state index contributed by atoms with van der Waals surface area (Å²) in [4.78, 5) is 27.7. The molecule has 5 nitrogen and oxygen atoms in total. The van der Waals surface area contributed by atoms with Crippen LogP contribution in [0.15, 0.2) is 29.6 Å². The molecule has 126 valence electrons. The van der Waals surface area contributed by atoms with E-state index >= 15 is 0 Å². The number of aryl methyl sites for hydroxylation is 1. The molecule has 0 unspecified atom stereocenters. The van der Waals surface area contributed by atoms with Crippen LogP contribution in [-0.2, 0) is 11.2 Å². The first-order chi connectivity index (χ1) is 11.5. The number of rotatable bonds is 5. The highest BCUT2D eigenvalue weighted by molar-refractivity contribution is 7.09. The van der Waals surface area contributed by atoms with E-state index in [1.165, 1.54) is 22.5 Å². The van der Waals surface area contributed by atoms with Gasteiger partial charge in [-0.3, -0.25) is 9.59 Å². The third-order valence-electron chi connectivity index (χ3n) is 4.38. The van der Waals surface area contributed by atoms with Crippen LogP contribution in [0.4, 0.5) is 0 Å². The van der Waals surface area contributed by atoms with Gasteiger partial charge >= 0.3 is 5.97 Å². The number of hydrogen-bond acceptors (Lipinski definition) is 4. The number of hydrogen-bond donors (Lipinski definition) is 2. The molecule has 2 N–H and O–H groups in total. The Morgan fingerprint density at radius 2 is 2.04 bits per heavy atom. The lowest BCUT2D eigenvalue weighted by Crippen LogP contribution is -2.33. The molecule has 1 aromatic carbocycles. The maximum absolute atomic E-state index is 12.3. The maximum atomic E-state index is 12.3. The Balaban J connectivity index is 1.58. The van der Waals surface area contributed by atoms with E-state index in [1.54, 1.807) is 5.38 Å². The topological polar surface area (TPSA) is 79.3 Å². The number of benzene rings is 1. The average Bonchev–Trinajstić information content (AvgIpc) is 3.19. The lowest BCUT2D eigenvalue weighted by Gasteiger charge is -2.10. The van der Waals surface area contributed by atoms with Crippen LogP contribution in [-0.4, -0.2) is 28.0 Å². The third-order valence-corrected chi connectivity index (χ3v) is 5.23. The molecule has 3 rings (SSSR count). The van der Waals surface area contributed by atoms with E-state index in [9.17, 15) is 9.59 Å². The molecule has 0 aliphatic heterocycles. The first kappa shape index (κ1) is 16.6. The summed E-state index contributed by atoms with van der Waals surface area (Å²) in [5.41, 5.74) is 2.80. The van der Waals surface area contributed by atoms with E-state index in [-0.39, 0.29) is 17.9 Å². The van der Waals surface area contributed by atoms with Crippen molar-refractivity contribution in [3.63, 3.8) is 0 Å². The zero-order valence-corrected chi connectivity index (χ0v) is 14.3. The van der Waals surface area contributed by atoms with Crippen LogP contribution in [0.3, 0.4) is 0 Å². The smallest absolute Gasteiger partial charge is 0.306 e. The molecule has 1 aliphatic carbocycles. The highest BCUT2D eigenvalue weighted by Gasteiger charge is 2.31. The van der Waals surface area contributed by atoms with E-state index < -0.39 is 5.97 Å². The monoisotopic (exact) mass is 344 g/mol. The summed E-state index contributed by atoms with van der Waals surface area (Å²) in [7, 11) is 0. The number of nitrogens with one attached hydrogen (secondary N) is 1. The minimum atomic E-state index is -0.777. The first-order valence-corrected chi connectivity index (χ1v) is 8.93. The van der Waals surface area contributed by atoms with Crippen LogP contribution in [0, 0.1) is 12.8 Å². The zero-order chi connectivity index (χ0) is 17.1. The summed E-state index contributed by atoms with van der Waals surface area (Å²) in [6.45, 7) is 2.05. The highest BCUT2D eigenvalue weighted by atomic mass is 32.1. The Morgan fingerprint density at radius 3 is 2.71 bits per heavy atom. The lowest BCUT2D eigenvalue weighted by atomic mass is 10.1. The predicted molar refractivity (Wildman–Crippen MR) is 92.3 cm³/mol. The normalized spacial score (nSPS) is 20.0. The van der Waals surface area contributed by atoms with E-state index in [4.69, 9.17) is 5.11 Å². The number of carbonyl (C=O) groups excluding carboxylic acids is 1. The van der Waals surface area contributed by atoms with Gasteiger partial charge in [0.15, 0.2) is 0 Å². The van der Waals surface area contributed by atoms with Crippen molar-refractivity contribution < 1.29 is 14.7 Å². The van der Waals surface area contributed by atoms with Gasteiger partial charge in [-0.05, 0) is 31.7 Å². The summed E-state index contributed by atoms with van der Waals surface area (Å²) in [6, 6.07) is 8.20. The molecule has 1 heterocycles. The van der Waals surface area contributed by atoms with Crippen LogP contribution in [0.1, 0.15) is 45.9 Å². The van der Waals surface area contributed by atoms with Crippen molar-refractivity contribution in [3.8, 4) is 0 Å². The second kappa shape index (κ2) is 7.13. The molecule has 1 aromatic heterocycles. The Labute approximate surface area is 144 Å². The van der Waals surface area contributed by atoms with Crippen molar-refractivity contribution in [2.75, 3.05) is 0 Å². The average molecular weight is 344 g/mol. The fourth-order valence-corrected chi connectivity index (χ4v) is 3.78. The number of nitrogens with zero attached hydrogens (tertiary/aromatic N) is 1. The molecule has 1 aliphatic rings. The van der Waals surface area contributed by atoms with Crippen molar-refractivity contribution in [3.05, 3.63) is 51.5 Å². The van der Waals surface area contributed by atoms with Crippen molar-refractivity contribution in [1.82, 2.24) is 10.3 Å². The Bertz CT molecular complexity index is 739. The van der Waals surface area contributed by atoms with Crippen LogP contribution < -0.4 is 5.32 Å². The highest BCUT2D eigenvalue weighted by Crippen LogP contribution is 2.26. The van der Waals surface area contributed by atoms with Gasteiger partial charge in [0.25, 0.3) is 5.91 Å². The molecule has 0 saturated heterocycles. The molecule has 2 atom stereocenters. The van der Waals surface area contributed by atoms with Crippen molar-refractivity contribution >= 4 is 23.2 Å². The number of aromatic nitrogens is 1. The first-order valence-electron chi connectivity index (χ1n) is 8.05. The van der Waals surface area contributed by atoms with E-state index in [0.717, 1.165) is 5.01 Å². The van der Waals surface area contributed by atoms with Gasteiger partial charge in [-0.25, -0.2) is 4.98 Å². The van der Waals surface area contributed by atoms with Crippen LogP contribution in [0.5, 0.6) is 0 Å². The second-order valence-corrected chi connectivity index (χ2v) is 7.25. The molecule has 0 radical (unpaired) electrons. The SMILES string of the molecule is Cc1ccc(Cc2nc(C(=O)N[C@@H]3CC[C@H](C(=O)O)C3)cs2)cc1. The molecule has 1 fully saturated rings. The summed E-state index contributed by atoms with van der Waals surface area (Å²) in [5.74, 6) is -1.33. The van der Waals surface area contributed by atoms with Gasteiger partial charge in [0.05, 0.1) is 10.9 Å². The Morgan fingerprint density at radius 1 is 1.29 bits per heavy atom. The molecular formula is C18H20N2O3S. The summed E-state index contributed by atoms with van der Waals surface area (Å²) < 4.78 is 0. The number of carboxylic acid groups (broad SMARTS) is 1. The summed E-state index contributed by atoms with van der Waals surface area (Å²) >= 11 is 1.47. The van der Waals surface area contributed by atoms with Gasteiger partial charge in [0, 0.05) is 17.8 Å². The second-order valence-electron chi connectivity index (χ2n) is 6.31. The van der Waals surface area contributed by atoms with Crippen molar-refractivity contribution in [2.24, 2.45) is 5.92 Å². The van der Waals surface area contributed by atoms with Gasteiger partial charge in [-0.1, -0.05) is 29.8 Å². The summed E-state index contributed by atoms with van der Waals surface area (Å²) in [6.07, 6.45) is 2.54. The lowest BCUT2D eigenvalue weighted by molar-refractivity contribution is -0.141. The molecule has 24 heavy (non-hydrogen) atoms. The van der Waals surface area contributed by atoms with Crippen LogP contribution in [0.2, 0.25) is 0 Å². The standard InChI is InChI=1S/C18H20N2O3S/c1-11-2-4-12(5-3-11)8-16-20-15(10-24-16)17(21)19-14-7-6-13(9-14)18(22)23/h2-5,10,13-14H,6-9H2,1H3,(H,19,21)(H,22,23)/t13-,14+/m0/s1. The van der Waals surface area contributed by atoms with E-state index in [2.05, 4.69) is 34.6 Å². The number of amides is 1. The Kier molecular flexibility index (Phi) is 4.94. The van der Waals surface area contributed by atoms with Crippen molar-refractivity contribution in [1.29, 1.82) is 0 Å². The molecule has 1 amide bonds. The van der Waals surface area contributed by atoms with E-state index in [1.807, 2.05) is 6.92 Å². The molecule has 6 heteroatoms. The molecule has 0 bridgehead atoms. The fraction of sp³-hybridized carbons (Fsp3) is 0.389. The zero-order valence-electron chi connectivity index (χ0n) is 13.5. The third kappa shape index (κ3) is 4.00. The maximum Gasteiger partial charge on any atom is 0.306 e. The fourth-order valence-electron chi connectivity index (χ4n) is 2.97. The molecule has 0 spiro atoms. The predicted octanol–water partition coefficient (Wildman–Crippen LogP) is 3.03. The number of carboxylic acids is 1. The van der Waals surface area contributed by atoms with Crippen molar-refractivity contribution in [2.45, 2.75) is 38.6 Å². The minimum Gasteiger partial charge on any atom is -0.481 e. The largest absolute Gasteiger partial charge is 0.481 e. The van der Waals surface area contributed by atoms with Gasteiger partial charge < -0.3 is 10.4 Å².